The standard InChI is InChI=1S/C12H26N4O/c1-9(2)12(5-6-12)8-14-11(16-13)15-10(3)7-17-4/h9-10H,5-8,13H2,1-4H3,(H2,14,15,16). The minimum atomic E-state index is 0.198. The number of ether oxygens (including phenoxy) is 1. The van der Waals surface area contributed by atoms with Crippen LogP contribution in [0.4, 0.5) is 0 Å². The van der Waals surface area contributed by atoms with Crippen molar-refractivity contribution < 1.29 is 4.74 Å². The molecular weight excluding hydrogens is 216 g/mol. The van der Waals surface area contributed by atoms with Gasteiger partial charge in [0, 0.05) is 19.7 Å². The Balaban J connectivity index is 2.44. The molecule has 1 aliphatic carbocycles. The van der Waals surface area contributed by atoms with Crippen LogP contribution < -0.4 is 16.6 Å². The molecule has 1 fully saturated rings. The van der Waals surface area contributed by atoms with Gasteiger partial charge in [-0.15, -0.1) is 0 Å². The highest BCUT2D eigenvalue weighted by molar-refractivity contribution is 5.79. The van der Waals surface area contributed by atoms with Gasteiger partial charge >= 0.3 is 0 Å². The number of rotatable bonds is 6. The average molecular weight is 242 g/mol. The average Bonchev–Trinajstić information content (AvgIpc) is 3.05. The van der Waals surface area contributed by atoms with Gasteiger partial charge in [-0.25, -0.2) is 5.84 Å². The van der Waals surface area contributed by atoms with Crippen molar-refractivity contribution in [3.8, 4) is 0 Å². The highest BCUT2D eigenvalue weighted by Crippen LogP contribution is 2.51. The summed E-state index contributed by atoms with van der Waals surface area (Å²) in [4.78, 5) is 4.53. The molecule has 4 N–H and O–H groups in total. The lowest BCUT2D eigenvalue weighted by Crippen LogP contribution is -2.47. The van der Waals surface area contributed by atoms with Gasteiger partial charge < -0.3 is 10.1 Å². The molecule has 0 aromatic heterocycles. The molecule has 0 amide bonds. The summed E-state index contributed by atoms with van der Waals surface area (Å²) < 4.78 is 5.06. The first-order chi connectivity index (χ1) is 8.04. The molecule has 0 bridgehead atoms. The van der Waals surface area contributed by atoms with Crippen molar-refractivity contribution in [1.29, 1.82) is 0 Å². The molecule has 1 unspecified atom stereocenters. The van der Waals surface area contributed by atoms with Crippen LogP contribution in [-0.4, -0.2) is 32.3 Å². The fourth-order valence-electron chi connectivity index (χ4n) is 1.97. The monoisotopic (exact) mass is 242 g/mol. The van der Waals surface area contributed by atoms with E-state index in [-0.39, 0.29) is 6.04 Å². The van der Waals surface area contributed by atoms with E-state index in [1.807, 2.05) is 6.92 Å². The predicted molar refractivity (Wildman–Crippen MR) is 70.6 cm³/mol. The molecule has 1 atom stereocenters. The van der Waals surface area contributed by atoms with Crippen LogP contribution >= 0.6 is 0 Å². The molecule has 0 aromatic carbocycles. The Kier molecular flexibility index (Phi) is 5.21. The molecule has 1 rings (SSSR count). The van der Waals surface area contributed by atoms with Crippen LogP contribution in [0.1, 0.15) is 33.6 Å². The normalized spacial score (nSPS) is 20.2. The molecule has 100 valence electrons. The Hall–Kier alpha value is -0.810. The van der Waals surface area contributed by atoms with Crippen molar-refractivity contribution in [2.75, 3.05) is 20.3 Å². The summed E-state index contributed by atoms with van der Waals surface area (Å²) in [6.45, 7) is 8.04. The summed E-state index contributed by atoms with van der Waals surface area (Å²) in [7, 11) is 1.68. The number of methoxy groups -OCH3 is 1. The molecule has 0 spiro atoms. The van der Waals surface area contributed by atoms with E-state index in [1.165, 1.54) is 12.8 Å². The van der Waals surface area contributed by atoms with Gasteiger partial charge in [-0.1, -0.05) is 13.8 Å². The van der Waals surface area contributed by atoms with E-state index >= 15 is 0 Å². The number of nitrogens with zero attached hydrogens (tertiary/aromatic N) is 1. The first-order valence-corrected chi connectivity index (χ1v) is 6.30. The fraction of sp³-hybridized carbons (Fsp3) is 0.917. The summed E-state index contributed by atoms with van der Waals surface area (Å²) in [5.74, 6) is 6.80. The Morgan fingerprint density at radius 2 is 2.06 bits per heavy atom. The van der Waals surface area contributed by atoms with Gasteiger partial charge in [-0.3, -0.25) is 10.4 Å². The van der Waals surface area contributed by atoms with Crippen LogP contribution in [0.25, 0.3) is 0 Å². The topological polar surface area (TPSA) is 71.7 Å². The third-order valence-electron chi connectivity index (χ3n) is 3.61. The van der Waals surface area contributed by atoms with Gasteiger partial charge in [0.15, 0.2) is 0 Å². The lowest BCUT2D eigenvalue weighted by atomic mass is 9.93. The molecule has 1 aliphatic rings. The zero-order valence-electron chi connectivity index (χ0n) is 11.4. The number of guanidine groups is 1. The second-order valence-electron chi connectivity index (χ2n) is 5.33. The molecule has 1 saturated carbocycles. The summed E-state index contributed by atoms with van der Waals surface area (Å²) in [5, 5.41) is 3.20. The van der Waals surface area contributed by atoms with Crippen molar-refractivity contribution >= 4 is 5.96 Å². The Morgan fingerprint density at radius 3 is 2.47 bits per heavy atom. The van der Waals surface area contributed by atoms with Gasteiger partial charge in [0.05, 0.1) is 6.61 Å². The summed E-state index contributed by atoms with van der Waals surface area (Å²) in [6.07, 6.45) is 2.55. The van der Waals surface area contributed by atoms with Crippen LogP contribution in [0.5, 0.6) is 0 Å². The van der Waals surface area contributed by atoms with E-state index in [1.54, 1.807) is 7.11 Å². The van der Waals surface area contributed by atoms with E-state index in [0.29, 0.717) is 23.9 Å². The Labute approximate surface area is 104 Å². The fourth-order valence-corrected chi connectivity index (χ4v) is 1.97. The van der Waals surface area contributed by atoms with E-state index < -0.39 is 0 Å². The molecule has 0 aromatic rings. The minimum absolute atomic E-state index is 0.198. The predicted octanol–water partition coefficient (Wildman–Crippen LogP) is 0.866. The van der Waals surface area contributed by atoms with Crippen LogP contribution in [0.3, 0.4) is 0 Å². The smallest absolute Gasteiger partial charge is 0.206 e. The number of nitrogens with two attached hydrogens (primary N) is 1. The van der Waals surface area contributed by atoms with Crippen LogP contribution in [0.15, 0.2) is 4.99 Å². The summed E-state index contributed by atoms with van der Waals surface area (Å²) >= 11 is 0. The first kappa shape index (κ1) is 14.3. The van der Waals surface area contributed by atoms with E-state index in [9.17, 15) is 0 Å². The quantitative estimate of drug-likeness (QED) is 0.280. The van der Waals surface area contributed by atoms with Crippen molar-refractivity contribution in [1.82, 2.24) is 10.7 Å². The maximum atomic E-state index is 5.46. The molecule has 0 heterocycles. The van der Waals surface area contributed by atoms with Crippen molar-refractivity contribution in [2.45, 2.75) is 39.7 Å². The second kappa shape index (κ2) is 6.21. The van der Waals surface area contributed by atoms with E-state index in [4.69, 9.17) is 10.6 Å². The highest BCUT2D eigenvalue weighted by atomic mass is 16.5. The highest BCUT2D eigenvalue weighted by Gasteiger charge is 2.45. The van der Waals surface area contributed by atoms with Gasteiger partial charge in [0.25, 0.3) is 0 Å². The lowest BCUT2D eigenvalue weighted by molar-refractivity contribution is 0.179. The van der Waals surface area contributed by atoms with Crippen molar-refractivity contribution in [3.63, 3.8) is 0 Å². The van der Waals surface area contributed by atoms with Gasteiger partial charge in [-0.2, -0.15) is 0 Å². The van der Waals surface area contributed by atoms with Gasteiger partial charge in [0.2, 0.25) is 5.96 Å². The molecule has 0 radical (unpaired) electrons. The SMILES string of the molecule is COCC(C)NC(=NCC1(C(C)C)CC1)NN. The van der Waals surface area contributed by atoms with Gasteiger partial charge in [0.1, 0.15) is 0 Å². The maximum Gasteiger partial charge on any atom is 0.206 e. The maximum absolute atomic E-state index is 5.46. The number of aliphatic imine (C=N–C) groups is 1. The molecular formula is C12H26N4O. The lowest BCUT2D eigenvalue weighted by Gasteiger charge is -2.19. The molecule has 17 heavy (non-hydrogen) atoms. The number of nitrogens with one attached hydrogen (secondary N) is 2. The zero-order chi connectivity index (χ0) is 12.9. The summed E-state index contributed by atoms with van der Waals surface area (Å²) in [5.41, 5.74) is 3.02. The summed E-state index contributed by atoms with van der Waals surface area (Å²) in [6, 6.07) is 0.198. The Bertz CT molecular complexity index is 261. The second-order valence-corrected chi connectivity index (χ2v) is 5.33. The van der Waals surface area contributed by atoms with E-state index in [2.05, 4.69) is 29.6 Å². The van der Waals surface area contributed by atoms with Gasteiger partial charge in [-0.05, 0) is 31.1 Å². The molecule has 5 nitrogen and oxygen atoms in total. The molecule has 0 aliphatic heterocycles. The Morgan fingerprint density at radius 1 is 1.41 bits per heavy atom. The number of hydrogen-bond acceptors (Lipinski definition) is 3. The number of hydrazine groups is 1. The van der Waals surface area contributed by atoms with Crippen molar-refractivity contribution in [3.05, 3.63) is 0 Å². The molecule has 0 saturated heterocycles. The van der Waals surface area contributed by atoms with E-state index in [0.717, 1.165) is 6.54 Å². The zero-order valence-corrected chi connectivity index (χ0v) is 11.4. The third kappa shape index (κ3) is 4.16. The van der Waals surface area contributed by atoms with Crippen LogP contribution in [0.2, 0.25) is 0 Å². The number of hydrogen-bond donors (Lipinski definition) is 3. The minimum Gasteiger partial charge on any atom is -0.383 e. The molecule has 5 heteroatoms. The third-order valence-corrected chi connectivity index (χ3v) is 3.61. The van der Waals surface area contributed by atoms with Crippen molar-refractivity contribution in [2.24, 2.45) is 22.2 Å². The van der Waals surface area contributed by atoms with Crippen LogP contribution in [0, 0.1) is 11.3 Å². The largest absolute Gasteiger partial charge is 0.383 e. The first-order valence-electron chi connectivity index (χ1n) is 6.30. The van der Waals surface area contributed by atoms with Crippen LogP contribution in [-0.2, 0) is 4.74 Å².